The van der Waals surface area contributed by atoms with E-state index in [4.69, 9.17) is 5.11 Å². The molecule has 0 saturated carbocycles. The van der Waals surface area contributed by atoms with Crippen LogP contribution in [0.15, 0.2) is 12.3 Å². The molecule has 0 bridgehead atoms. The minimum Gasteiger partial charge on any atom is -0.390 e. The molecule has 0 aromatic carbocycles. The van der Waals surface area contributed by atoms with Crippen LogP contribution in [0.25, 0.3) is 0 Å². The molecule has 0 fully saturated rings. The van der Waals surface area contributed by atoms with Gasteiger partial charge in [-0.05, 0) is 6.07 Å². The highest BCUT2D eigenvalue weighted by Crippen LogP contribution is 1.96. The fraction of sp³-hybridized carbons (Fsp3) is 0.250. The Kier molecular flexibility index (Phi) is 1.65. The summed E-state index contributed by atoms with van der Waals surface area (Å²) in [7, 11) is 0. The Bertz CT molecular complexity index is 174. The van der Waals surface area contributed by atoms with Crippen LogP contribution in [0.3, 0.4) is 0 Å². The second-order valence-corrected chi connectivity index (χ2v) is 2.08. The molecule has 0 amide bonds. The van der Waals surface area contributed by atoms with Gasteiger partial charge in [0.2, 0.25) is 0 Å². The molecule has 1 aromatic heterocycles. The number of halogens is 1. The normalized spacial score (nSPS) is 9.75. The topological polar surface area (TPSA) is 38.0 Å². The van der Waals surface area contributed by atoms with E-state index in [2.05, 4.69) is 21.2 Å². The minimum absolute atomic E-state index is 0.00139. The van der Waals surface area contributed by atoms with Gasteiger partial charge in [-0.3, -0.25) is 0 Å². The fourth-order valence-corrected chi connectivity index (χ4v) is 0.743. The maximum Gasteiger partial charge on any atom is 0.0889 e. The molecule has 1 rings (SSSR count). The van der Waals surface area contributed by atoms with Crippen molar-refractivity contribution in [2.75, 3.05) is 0 Å². The Labute approximate surface area is 55.3 Å². The van der Waals surface area contributed by atoms with Crippen LogP contribution < -0.4 is 0 Å². The number of aliphatic hydroxyl groups is 1. The number of nitrogens with zero attached hydrogens (tertiary/aromatic N) is 2. The lowest BCUT2D eigenvalue weighted by Crippen LogP contribution is -1.84. The monoisotopic (exact) mass is 176 g/mol. The summed E-state index contributed by atoms with van der Waals surface area (Å²) in [4.78, 5) is 0. The molecule has 1 N–H and O–H groups in total. The van der Waals surface area contributed by atoms with Gasteiger partial charge in [0.05, 0.1) is 28.4 Å². The first-order valence-corrected chi connectivity index (χ1v) is 2.85. The van der Waals surface area contributed by atoms with Gasteiger partial charge in [0.1, 0.15) is 0 Å². The average molecular weight is 177 g/mol. The smallest absolute Gasteiger partial charge is 0.0889 e. The summed E-state index contributed by atoms with van der Waals surface area (Å²) in [6, 6.07) is 1.73. The molecule has 44 valence electrons. The van der Waals surface area contributed by atoms with Crippen molar-refractivity contribution in [3.63, 3.8) is 0 Å². The zero-order valence-corrected chi connectivity index (χ0v) is 5.67. The van der Waals surface area contributed by atoms with Gasteiger partial charge >= 0.3 is 0 Å². The molecule has 1 heterocycles. The first kappa shape index (κ1) is 5.78. The van der Waals surface area contributed by atoms with Gasteiger partial charge in [-0.15, -0.1) is 0 Å². The Balaban J connectivity index is 2.84. The van der Waals surface area contributed by atoms with E-state index in [1.165, 1.54) is 3.71 Å². The summed E-state index contributed by atoms with van der Waals surface area (Å²) in [6.45, 7) is -0.00139. The molecule has 0 atom stereocenters. The number of aromatic nitrogens is 2. The molecule has 4 heteroatoms. The van der Waals surface area contributed by atoms with Crippen LogP contribution in [0.5, 0.6) is 0 Å². The lowest BCUT2D eigenvalue weighted by molar-refractivity contribution is 0.276. The standard InChI is InChI=1S/C4H5BrN2O/c5-7-2-1-4(3-8)6-7/h1-2,8H,3H2. The van der Waals surface area contributed by atoms with Crippen molar-refractivity contribution >= 4 is 16.1 Å². The van der Waals surface area contributed by atoms with E-state index in [-0.39, 0.29) is 6.61 Å². The number of aliphatic hydroxyl groups excluding tert-OH is 1. The first-order valence-electron chi connectivity index (χ1n) is 2.14. The molecule has 0 aliphatic carbocycles. The fourth-order valence-electron chi connectivity index (χ4n) is 0.421. The molecule has 0 aliphatic rings. The highest BCUT2D eigenvalue weighted by Gasteiger charge is 1.90. The van der Waals surface area contributed by atoms with Crippen LogP contribution in [-0.2, 0) is 6.61 Å². The first-order chi connectivity index (χ1) is 3.83. The third kappa shape index (κ3) is 1.08. The van der Waals surface area contributed by atoms with Gasteiger partial charge < -0.3 is 5.11 Å². The number of rotatable bonds is 1. The van der Waals surface area contributed by atoms with Gasteiger partial charge in [-0.1, -0.05) is 0 Å². The average Bonchev–Trinajstić information content (AvgIpc) is 2.14. The van der Waals surface area contributed by atoms with Crippen LogP contribution in [0, 0.1) is 0 Å². The second kappa shape index (κ2) is 2.28. The van der Waals surface area contributed by atoms with Crippen molar-refractivity contribution in [2.45, 2.75) is 6.61 Å². The molecule has 8 heavy (non-hydrogen) atoms. The van der Waals surface area contributed by atoms with Crippen molar-refractivity contribution in [2.24, 2.45) is 0 Å². The minimum atomic E-state index is -0.00139. The molecular formula is C4H5BrN2O. The molecule has 0 unspecified atom stereocenters. The molecule has 0 radical (unpaired) electrons. The number of hydrogen-bond donors (Lipinski definition) is 1. The van der Waals surface area contributed by atoms with Crippen LogP contribution in [-0.4, -0.2) is 13.9 Å². The van der Waals surface area contributed by atoms with E-state index in [0.717, 1.165) is 0 Å². The Morgan fingerprint density at radius 3 is 2.88 bits per heavy atom. The summed E-state index contributed by atoms with van der Waals surface area (Å²) in [6.07, 6.45) is 1.71. The van der Waals surface area contributed by atoms with E-state index in [9.17, 15) is 0 Å². The van der Waals surface area contributed by atoms with Gasteiger partial charge in [0.25, 0.3) is 0 Å². The van der Waals surface area contributed by atoms with Gasteiger partial charge in [-0.25, -0.2) is 3.71 Å². The SMILES string of the molecule is OCc1ccn(Br)n1. The second-order valence-electron chi connectivity index (χ2n) is 1.35. The lowest BCUT2D eigenvalue weighted by atomic mass is 10.5. The van der Waals surface area contributed by atoms with E-state index < -0.39 is 0 Å². The Hall–Kier alpha value is -0.350. The highest BCUT2D eigenvalue weighted by atomic mass is 79.9. The van der Waals surface area contributed by atoms with Gasteiger partial charge in [0.15, 0.2) is 0 Å². The third-order valence-electron chi connectivity index (χ3n) is 0.776. The van der Waals surface area contributed by atoms with Gasteiger partial charge in [-0.2, -0.15) is 5.10 Å². The van der Waals surface area contributed by atoms with Crippen LogP contribution in [0.2, 0.25) is 0 Å². The van der Waals surface area contributed by atoms with Crippen LogP contribution >= 0.6 is 16.1 Å². The Morgan fingerprint density at radius 1 is 1.88 bits per heavy atom. The molecule has 1 aromatic rings. The van der Waals surface area contributed by atoms with E-state index in [0.29, 0.717) is 5.69 Å². The number of hydrogen-bond acceptors (Lipinski definition) is 2. The summed E-state index contributed by atoms with van der Waals surface area (Å²) in [5, 5.41) is 12.3. The molecule has 0 aliphatic heterocycles. The van der Waals surface area contributed by atoms with Crippen molar-refractivity contribution < 1.29 is 5.11 Å². The quantitative estimate of drug-likeness (QED) is 0.679. The summed E-state index contributed by atoms with van der Waals surface area (Å²) in [5.41, 5.74) is 0.668. The summed E-state index contributed by atoms with van der Waals surface area (Å²) in [5.74, 6) is 0. The largest absolute Gasteiger partial charge is 0.390 e. The molecule has 3 nitrogen and oxygen atoms in total. The highest BCUT2D eigenvalue weighted by molar-refractivity contribution is 9.08. The van der Waals surface area contributed by atoms with E-state index >= 15 is 0 Å². The van der Waals surface area contributed by atoms with Gasteiger partial charge in [0, 0.05) is 6.20 Å². The van der Waals surface area contributed by atoms with Crippen molar-refractivity contribution in [3.8, 4) is 0 Å². The molecule has 0 saturated heterocycles. The third-order valence-corrected chi connectivity index (χ3v) is 1.17. The molecular weight excluding hydrogens is 172 g/mol. The maximum absolute atomic E-state index is 8.45. The predicted molar refractivity (Wildman–Crippen MR) is 32.5 cm³/mol. The Morgan fingerprint density at radius 2 is 2.62 bits per heavy atom. The molecule has 0 spiro atoms. The zero-order chi connectivity index (χ0) is 5.98. The van der Waals surface area contributed by atoms with E-state index in [1.54, 1.807) is 12.3 Å². The maximum atomic E-state index is 8.45. The van der Waals surface area contributed by atoms with Crippen LogP contribution in [0.1, 0.15) is 5.69 Å². The lowest BCUT2D eigenvalue weighted by Gasteiger charge is -1.81. The zero-order valence-electron chi connectivity index (χ0n) is 4.08. The van der Waals surface area contributed by atoms with Crippen molar-refractivity contribution in [1.29, 1.82) is 0 Å². The van der Waals surface area contributed by atoms with Crippen molar-refractivity contribution in [3.05, 3.63) is 18.0 Å². The van der Waals surface area contributed by atoms with E-state index in [1.807, 2.05) is 0 Å². The summed E-state index contributed by atoms with van der Waals surface area (Å²) < 4.78 is 1.47. The van der Waals surface area contributed by atoms with Crippen LogP contribution in [0.4, 0.5) is 0 Å². The summed E-state index contributed by atoms with van der Waals surface area (Å²) >= 11 is 3.07. The predicted octanol–water partition coefficient (Wildman–Crippen LogP) is 0.533. The van der Waals surface area contributed by atoms with Crippen molar-refractivity contribution in [1.82, 2.24) is 8.81 Å².